The second-order valence-electron chi connectivity index (χ2n) is 5.13. The van der Waals surface area contributed by atoms with Crippen LogP contribution in [0.4, 0.5) is 11.6 Å². The highest BCUT2D eigenvalue weighted by Crippen LogP contribution is 2.36. The van der Waals surface area contributed by atoms with Crippen LogP contribution in [0.1, 0.15) is 24.5 Å². The van der Waals surface area contributed by atoms with Crippen molar-refractivity contribution < 1.29 is 4.74 Å². The van der Waals surface area contributed by atoms with Crippen molar-refractivity contribution >= 4 is 11.6 Å². The molecule has 0 bridgehead atoms. The van der Waals surface area contributed by atoms with Gasteiger partial charge in [-0.2, -0.15) is 0 Å². The number of hydrogen-bond acceptors (Lipinski definition) is 5. The molecule has 1 aromatic carbocycles. The van der Waals surface area contributed by atoms with E-state index in [1.54, 1.807) is 13.4 Å². The number of nitrogens with zero attached hydrogens (tertiary/aromatic N) is 3. The van der Waals surface area contributed by atoms with Crippen molar-refractivity contribution in [1.29, 1.82) is 0 Å². The fourth-order valence-corrected chi connectivity index (χ4v) is 2.63. The summed E-state index contributed by atoms with van der Waals surface area (Å²) in [7, 11) is 1.67. The number of nitrogens with one attached hydrogen (secondary N) is 1. The average Bonchev–Trinajstić information content (AvgIpc) is 2.96. The third-order valence-corrected chi connectivity index (χ3v) is 3.67. The first-order valence-corrected chi connectivity index (χ1v) is 7.28. The average molecular weight is 284 g/mol. The van der Waals surface area contributed by atoms with Crippen LogP contribution in [0.25, 0.3) is 0 Å². The SMILES string of the molecule is CCCNc1ncnc(N2Cc3ccccc3C2)c1OC. The maximum Gasteiger partial charge on any atom is 0.204 e. The summed E-state index contributed by atoms with van der Waals surface area (Å²) in [6, 6.07) is 8.49. The quantitative estimate of drug-likeness (QED) is 0.915. The van der Waals surface area contributed by atoms with Gasteiger partial charge in [-0.25, -0.2) is 9.97 Å². The van der Waals surface area contributed by atoms with E-state index in [-0.39, 0.29) is 0 Å². The zero-order valence-corrected chi connectivity index (χ0v) is 12.5. The second-order valence-corrected chi connectivity index (χ2v) is 5.13. The molecule has 21 heavy (non-hydrogen) atoms. The molecule has 3 rings (SSSR count). The Morgan fingerprint density at radius 1 is 1.19 bits per heavy atom. The van der Waals surface area contributed by atoms with Gasteiger partial charge in [0.15, 0.2) is 11.6 Å². The fraction of sp³-hybridized carbons (Fsp3) is 0.375. The van der Waals surface area contributed by atoms with Crippen molar-refractivity contribution in [2.75, 3.05) is 23.9 Å². The van der Waals surface area contributed by atoms with Crippen LogP contribution in [0.5, 0.6) is 5.75 Å². The van der Waals surface area contributed by atoms with Crippen molar-refractivity contribution in [3.63, 3.8) is 0 Å². The van der Waals surface area contributed by atoms with E-state index in [0.29, 0.717) is 0 Å². The first kappa shape index (κ1) is 13.7. The molecule has 2 aromatic rings. The number of rotatable bonds is 5. The third kappa shape index (κ3) is 2.63. The number of anilines is 2. The molecule has 0 radical (unpaired) electrons. The molecule has 0 aliphatic carbocycles. The van der Waals surface area contributed by atoms with Gasteiger partial charge in [-0.1, -0.05) is 31.2 Å². The number of ether oxygens (including phenoxy) is 1. The van der Waals surface area contributed by atoms with Gasteiger partial charge in [0.1, 0.15) is 6.33 Å². The molecule has 1 aromatic heterocycles. The molecule has 0 unspecified atom stereocenters. The molecule has 1 aliphatic rings. The van der Waals surface area contributed by atoms with E-state index in [9.17, 15) is 0 Å². The van der Waals surface area contributed by atoms with Crippen molar-refractivity contribution in [3.05, 3.63) is 41.7 Å². The highest BCUT2D eigenvalue weighted by atomic mass is 16.5. The van der Waals surface area contributed by atoms with Crippen LogP contribution in [-0.4, -0.2) is 23.6 Å². The topological polar surface area (TPSA) is 50.3 Å². The van der Waals surface area contributed by atoms with E-state index in [1.165, 1.54) is 11.1 Å². The van der Waals surface area contributed by atoms with E-state index < -0.39 is 0 Å². The second kappa shape index (κ2) is 5.99. The Bertz CT molecular complexity index is 604. The van der Waals surface area contributed by atoms with E-state index in [2.05, 4.69) is 51.4 Å². The van der Waals surface area contributed by atoms with Crippen LogP contribution in [0.3, 0.4) is 0 Å². The van der Waals surface area contributed by atoms with Crippen LogP contribution in [0.15, 0.2) is 30.6 Å². The summed E-state index contributed by atoms with van der Waals surface area (Å²) < 4.78 is 5.56. The molecule has 2 heterocycles. The van der Waals surface area contributed by atoms with Gasteiger partial charge in [-0.05, 0) is 17.5 Å². The Morgan fingerprint density at radius 2 is 1.90 bits per heavy atom. The van der Waals surface area contributed by atoms with Crippen LogP contribution in [0, 0.1) is 0 Å². The van der Waals surface area contributed by atoms with Crippen molar-refractivity contribution in [2.45, 2.75) is 26.4 Å². The summed E-state index contributed by atoms with van der Waals surface area (Å²) in [5.74, 6) is 2.33. The third-order valence-electron chi connectivity index (χ3n) is 3.67. The van der Waals surface area contributed by atoms with Gasteiger partial charge in [0, 0.05) is 19.6 Å². The molecule has 1 N–H and O–H groups in total. The Labute approximate surface area is 125 Å². The summed E-state index contributed by atoms with van der Waals surface area (Å²) >= 11 is 0. The molecule has 0 saturated carbocycles. The van der Waals surface area contributed by atoms with Crippen LogP contribution >= 0.6 is 0 Å². The Balaban J connectivity index is 1.89. The summed E-state index contributed by atoms with van der Waals surface area (Å²) in [5.41, 5.74) is 2.70. The van der Waals surface area contributed by atoms with Gasteiger partial charge in [-0.15, -0.1) is 0 Å². The molecule has 5 heteroatoms. The lowest BCUT2D eigenvalue weighted by molar-refractivity contribution is 0.412. The van der Waals surface area contributed by atoms with Gasteiger partial charge in [0.05, 0.1) is 7.11 Å². The van der Waals surface area contributed by atoms with E-state index in [1.807, 2.05) is 0 Å². The number of benzene rings is 1. The minimum absolute atomic E-state index is 0.721. The first-order valence-electron chi connectivity index (χ1n) is 7.28. The molecule has 110 valence electrons. The van der Waals surface area contributed by atoms with Gasteiger partial charge >= 0.3 is 0 Å². The molecule has 1 aliphatic heterocycles. The molecule has 0 spiro atoms. The van der Waals surface area contributed by atoms with Gasteiger partial charge in [-0.3, -0.25) is 0 Å². The Morgan fingerprint density at radius 3 is 2.52 bits per heavy atom. The highest BCUT2D eigenvalue weighted by Gasteiger charge is 2.24. The molecular formula is C16H20N4O. The molecule has 0 amide bonds. The Hall–Kier alpha value is -2.30. The van der Waals surface area contributed by atoms with Crippen molar-refractivity contribution in [3.8, 4) is 5.75 Å². The van der Waals surface area contributed by atoms with Crippen LogP contribution in [-0.2, 0) is 13.1 Å². The van der Waals surface area contributed by atoms with Crippen LogP contribution in [0.2, 0.25) is 0 Å². The van der Waals surface area contributed by atoms with Gasteiger partial charge in [0.2, 0.25) is 5.75 Å². The predicted molar refractivity (Wildman–Crippen MR) is 83.7 cm³/mol. The first-order chi connectivity index (χ1) is 10.3. The van der Waals surface area contributed by atoms with Crippen LogP contribution < -0.4 is 15.0 Å². The van der Waals surface area contributed by atoms with Crippen molar-refractivity contribution in [2.24, 2.45) is 0 Å². The Kier molecular flexibility index (Phi) is 3.90. The maximum atomic E-state index is 5.56. The van der Waals surface area contributed by atoms with E-state index in [4.69, 9.17) is 4.74 Å². The number of hydrogen-bond donors (Lipinski definition) is 1. The minimum atomic E-state index is 0.721. The summed E-state index contributed by atoms with van der Waals surface area (Å²) in [4.78, 5) is 11.0. The number of fused-ring (bicyclic) bond motifs is 1. The van der Waals surface area contributed by atoms with Crippen molar-refractivity contribution in [1.82, 2.24) is 9.97 Å². The number of methoxy groups -OCH3 is 1. The summed E-state index contributed by atoms with van der Waals surface area (Å²) in [6.07, 6.45) is 2.64. The summed E-state index contributed by atoms with van der Waals surface area (Å²) in [5, 5.41) is 3.30. The number of aromatic nitrogens is 2. The predicted octanol–water partition coefficient (Wildman–Crippen LogP) is 2.83. The van der Waals surface area contributed by atoms with Gasteiger partial charge < -0.3 is 15.0 Å². The lowest BCUT2D eigenvalue weighted by Gasteiger charge is -2.20. The maximum absolute atomic E-state index is 5.56. The lowest BCUT2D eigenvalue weighted by Crippen LogP contribution is -2.18. The molecule has 0 atom stereocenters. The summed E-state index contributed by atoms with van der Waals surface area (Å²) in [6.45, 7) is 4.71. The van der Waals surface area contributed by atoms with E-state index in [0.717, 1.165) is 43.4 Å². The van der Waals surface area contributed by atoms with Gasteiger partial charge in [0.25, 0.3) is 0 Å². The largest absolute Gasteiger partial charge is 0.490 e. The molecule has 0 fully saturated rings. The molecule has 5 nitrogen and oxygen atoms in total. The zero-order chi connectivity index (χ0) is 14.7. The normalized spacial score (nSPS) is 13.1. The smallest absolute Gasteiger partial charge is 0.204 e. The minimum Gasteiger partial charge on any atom is -0.490 e. The molecule has 0 saturated heterocycles. The fourth-order valence-electron chi connectivity index (χ4n) is 2.63. The standard InChI is InChI=1S/C16H20N4O/c1-3-8-17-15-14(21-2)16(19-11-18-15)20-9-12-6-4-5-7-13(12)10-20/h4-7,11H,3,8-10H2,1-2H3,(H,17,18,19). The lowest BCUT2D eigenvalue weighted by atomic mass is 10.1. The molecular weight excluding hydrogens is 264 g/mol. The highest BCUT2D eigenvalue weighted by molar-refractivity contribution is 5.66. The monoisotopic (exact) mass is 284 g/mol. The zero-order valence-electron chi connectivity index (χ0n) is 12.5. The van der Waals surface area contributed by atoms with E-state index >= 15 is 0 Å².